The highest BCUT2D eigenvalue weighted by Gasteiger charge is 2.29. The van der Waals surface area contributed by atoms with Crippen molar-refractivity contribution in [1.82, 2.24) is 9.88 Å². The topological polar surface area (TPSA) is 71.3 Å². The van der Waals surface area contributed by atoms with Crippen LogP contribution in [-0.4, -0.2) is 34.3 Å². The van der Waals surface area contributed by atoms with E-state index in [0.717, 1.165) is 10.8 Å². The summed E-state index contributed by atoms with van der Waals surface area (Å²) in [6.07, 6.45) is -3.28. The maximum atomic E-state index is 12.4. The molecule has 1 heterocycles. The standard InChI is InChI=1S/C13H17F3N2O3/c1-8(2)9(12(20)21)6-17-11(19)10-4-3-5-18(10)7-13(14,15)16/h3-5,8-9H,6-7H2,1-2H3,(H,17,19)(H,20,21). The van der Waals surface area contributed by atoms with E-state index in [0.29, 0.717) is 0 Å². The zero-order valence-electron chi connectivity index (χ0n) is 11.6. The van der Waals surface area contributed by atoms with Gasteiger partial charge in [-0.1, -0.05) is 13.8 Å². The van der Waals surface area contributed by atoms with E-state index in [2.05, 4.69) is 5.32 Å². The average molecular weight is 306 g/mol. The van der Waals surface area contributed by atoms with Gasteiger partial charge >= 0.3 is 12.1 Å². The quantitative estimate of drug-likeness (QED) is 0.846. The molecular weight excluding hydrogens is 289 g/mol. The van der Waals surface area contributed by atoms with Gasteiger partial charge in [0.05, 0.1) is 5.92 Å². The van der Waals surface area contributed by atoms with E-state index in [1.807, 2.05) is 0 Å². The van der Waals surface area contributed by atoms with Crippen molar-refractivity contribution in [3.63, 3.8) is 0 Å². The van der Waals surface area contributed by atoms with Crippen LogP contribution in [0, 0.1) is 11.8 Å². The third-order valence-electron chi connectivity index (χ3n) is 3.02. The predicted molar refractivity (Wildman–Crippen MR) is 68.8 cm³/mol. The van der Waals surface area contributed by atoms with Gasteiger partial charge in [-0.2, -0.15) is 13.2 Å². The summed E-state index contributed by atoms with van der Waals surface area (Å²) in [5.74, 6) is -2.78. The lowest BCUT2D eigenvalue weighted by molar-refractivity contribution is -0.143. The predicted octanol–water partition coefficient (Wildman–Crippen LogP) is 2.14. The number of carbonyl (C=O) groups excluding carboxylic acids is 1. The van der Waals surface area contributed by atoms with Crippen LogP contribution in [0.2, 0.25) is 0 Å². The van der Waals surface area contributed by atoms with Gasteiger partial charge in [0.25, 0.3) is 5.91 Å². The lowest BCUT2D eigenvalue weighted by Crippen LogP contribution is -2.36. The molecular formula is C13H17F3N2O3. The van der Waals surface area contributed by atoms with E-state index < -0.39 is 30.5 Å². The van der Waals surface area contributed by atoms with Gasteiger partial charge < -0.3 is 15.0 Å². The minimum atomic E-state index is -4.43. The molecule has 1 atom stereocenters. The Morgan fingerprint density at radius 2 is 2.00 bits per heavy atom. The van der Waals surface area contributed by atoms with Crippen molar-refractivity contribution in [2.75, 3.05) is 6.54 Å². The second kappa shape index (κ2) is 6.64. The number of hydrogen-bond donors (Lipinski definition) is 2. The minimum absolute atomic E-state index is 0.136. The van der Waals surface area contributed by atoms with E-state index in [1.54, 1.807) is 13.8 Å². The molecule has 0 radical (unpaired) electrons. The van der Waals surface area contributed by atoms with Gasteiger partial charge in [0.15, 0.2) is 0 Å². The van der Waals surface area contributed by atoms with Gasteiger partial charge in [-0.3, -0.25) is 9.59 Å². The van der Waals surface area contributed by atoms with Crippen molar-refractivity contribution in [1.29, 1.82) is 0 Å². The molecule has 0 aromatic carbocycles. The first-order chi connectivity index (χ1) is 9.61. The molecule has 0 spiro atoms. The summed E-state index contributed by atoms with van der Waals surface area (Å²) in [5.41, 5.74) is -0.153. The molecule has 1 amide bonds. The van der Waals surface area contributed by atoms with Crippen LogP contribution in [0.3, 0.4) is 0 Å². The molecule has 0 saturated carbocycles. The smallest absolute Gasteiger partial charge is 0.406 e. The summed E-state index contributed by atoms with van der Waals surface area (Å²) in [7, 11) is 0. The Labute approximate surface area is 119 Å². The first-order valence-electron chi connectivity index (χ1n) is 6.34. The van der Waals surface area contributed by atoms with Crippen LogP contribution in [0.25, 0.3) is 0 Å². The zero-order chi connectivity index (χ0) is 16.2. The number of nitrogens with zero attached hydrogens (tertiary/aromatic N) is 1. The number of halogens is 3. The van der Waals surface area contributed by atoms with Crippen LogP contribution >= 0.6 is 0 Å². The summed E-state index contributed by atoms with van der Waals surface area (Å²) in [4.78, 5) is 22.9. The highest BCUT2D eigenvalue weighted by Crippen LogP contribution is 2.19. The molecule has 0 fully saturated rings. The number of aliphatic carboxylic acids is 1. The molecule has 0 saturated heterocycles. The number of nitrogens with one attached hydrogen (secondary N) is 1. The van der Waals surface area contributed by atoms with Crippen molar-refractivity contribution >= 4 is 11.9 Å². The zero-order valence-corrected chi connectivity index (χ0v) is 11.6. The Morgan fingerprint density at radius 1 is 1.38 bits per heavy atom. The Morgan fingerprint density at radius 3 is 2.48 bits per heavy atom. The lowest BCUT2D eigenvalue weighted by Gasteiger charge is -2.17. The SMILES string of the molecule is CC(C)C(CNC(=O)c1cccn1CC(F)(F)F)C(=O)O. The van der Waals surface area contributed by atoms with Gasteiger partial charge in [0.2, 0.25) is 0 Å². The number of carboxylic acids is 1. The molecule has 1 aromatic rings. The van der Waals surface area contributed by atoms with E-state index in [4.69, 9.17) is 5.11 Å². The summed E-state index contributed by atoms with van der Waals surface area (Å²) in [6, 6.07) is 2.59. The molecule has 118 valence electrons. The van der Waals surface area contributed by atoms with Crippen LogP contribution in [0.4, 0.5) is 13.2 Å². The van der Waals surface area contributed by atoms with Crippen molar-refractivity contribution < 1.29 is 27.9 Å². The largest absolute Gasteiger partial charge is 0.481 e. The normalized spacial score (nSPS) is 13.2. The number of alkyl halides is 3. The number of aromatic nitrogens is 1. The molecule has 1 aromatic heterocycles. The van der Waals surface area contributed by atoms with Crippen molar-refractivity contribution in [2.24, 2.45) is 11.8 Å². The lowest BCUT2D eigenvalue weighted by atomic mass is 9.96. The number of rotatable bonds is 6. The first kappa shape index (κ1) is 17.1. The fourth-order valence-electron chi connectivity index (χ4n) is 1.85. The third-order valence-corrected chi connectivity index (χ3v) is 3.02. The fourth-order valence-corrected chi connectivity index (χ4v) is 1.85. The molecule has 8 heteroatoms. The Hall–Kier alpha value is -1.99. The van der Waals surface area contributed by atoms with Crippen LogP contribution < -0.4 is 5.32 Å². The van der Waals surface area contributed by atoms with E-state index >= 15 is 0 Å². The first-order valence-corrected chi connectivity index (χ1v) is 6.34. The Balaban J connectivity index is 2.73. The van der Waals surface area contributed by atoms with Gasteiger partial charge in [0, 0.05) is 12.7 Å². The molecule has 0 aliphatic heterocycles. The fraction of sp³-hybridized carbons (Fsp3) is 0.538. The van der Waals surface area contributed by atoms with Crippen molar-refractivity contribution in [3.05, 3.63) is 24.0 Å². The highest BCUT2D eigenvalue weighted by molar-refractivity contribution is 5.93. The van der Waals surface area contributed by atoms with Crippen LogP contribution in [0.1, 0.15) is 24.3 Å². The molecule has 0 bridgehead atoms. The van der Waals surface area contributed by atoms with Crippen LogP contribution in [-0.2, 0) is 11.3 Å². The molecule has 5 nitrogen and oxygen atoms in total. The molecule has 0 aliphatic rings. The second-order valence-corrected chi connectivity index (χ2v) is 5.04. The van der Waals surface area contributed by atoms with Gasteiger partial charge in [-0.05, 0) is 18.1 Å². The monoisotopic (exact) mass is 306 g/mol. The third kappa shape index (κ3) is 5.13. The maximum absolute atomic E-state index is 12.4. The number of hydrogen-bond acceptors (Lipinski definition) is 2. The molecule has 0 aliphatic carbocycles. The van der Waals surface area contributed by atoms with Gasteiger partial charge in [0.1, 0.15) is 12.2 Å². The molecule has 1 unspecified atom stereocenters. The number of carboxylic acid groups (broad SMARTS) is 1. The second-order valence-electron chi connectivity index (χ2n) is 5.04. The summed E-state index contributed by atoms with van der Waals surface area (Å²) < 4.78 is 37.9. The van der Waals surface area contributed by atoms with Crippen LogP contribution in [0.15, 0.2) is 18.3 Å². The van der Waals surface area contributed by atoms with E-state index in [9.17, 15) is 22.8 Å². The highest BCUT2D eigenvalue weighted by atomic mass is 19.4. The Bertz CT molecular complexity index is 509. The Kier molecular flexibility index (Phi) is 5.40. The number of carbonyl (C=O) groups is 2. The van der Waals surface area contributed by atoms with E-state index in [-0.39, 0.29) is 18.2 Å². The summed E-state index contributed by atoms with van der Waals surface area (Å²) in [6.45, 7) is 1.98. The van der Waals surface area contributed by atoms with E-state index in [1.165, 1.54) is 12.1 Å². The average Bonchev–Trinajstić information content (AvgIpc) is 2.73. The van der Waals surface area contributed by atoms with Crippen LogP contribution in [0.5, 0.6) is 0 Å². The molecule has 1 rings (SSSR count). The van der Waals surface area contributed by atoms with Gasteiger partial charge in [-0.15, -0.1) is 0 Å². The maximum Gasteiger partial charge on any atom is 0.406 e. The molecule has 21 heavy (non-hydrogen) atoms. The van der Waals surface area contributed by atoms with Gasteiger partial charge in [-0.25, -0.2) is 0 Å². The summed E-state index contributed by atoms with van der Waals surface area (Å²) >= 11 is 0. The van der Waals surface area contributed by atoms with Crippen molar-refractivity contribution in [3.8, 4) is 0 Å². The minimum Gasteiger partial charge on any atom is -0.481 e. The summed E-state index contributed by atoms with van der Waals surface area (Å²) in [5, 5.41) is 11.4. The number of amides is 1. The van der Waals surface area contributed by atoms with Crippen molar-refractivity contribution in [2.45, 2.75) is 26.6 Å². The molecule has 2 N–H and O–H groups in total.